The van der Waals surface area contributed by atoms with Gasteiger partial charge in [-0.1, -0.05) is 41.9 Å². The smallest absolute Gasteiger partial charge is 0.264 e. The normalized spacial score (nSPS) is 12.1. The van der Waals surface area contributed by atoms with E-state index in [4.69, 9.17) is 17.3 Å². The van der Waals surface area contributed by atoms with Gasteiger partial charge in [0.05, 0.1) is 16.5 Å². The Morgan fingerprint density at radius 1 is 1.12 bits per heavy atom. The van der Waals surface area contributed by atoms with E-state index in [1.807, 2.05) is 72.3 Å². The summed E-state index contributed by atoms with van der Waals surface area (Å²) in [5.74, 6) is 0.779. The first-order valence-electron chi connectivity index (χ1n) is 10.3. The summed E-state index contributed by atoms with van der Waals surface area (Å²) in [6, 6.07) is 18.7. The second-order valence-corrected chi connectivity index (χ2v) is 8.81. The second-order valence-electron chi connectivity index (χ2n) is 7.62. The van der Waals surface area contributed by atoms with Gasteiger partial charge in [-0.05, 0) is 59.0 Å². The number of benzene rings is 2. The zero-order valence-electron chi connectivity index (χ0n) is 17.7. The summed E-state index contributed by atoms with van der Waals surface area (Å²) < 4.78 is 1.70. The van der Waals surface area contributed by atoms with Crippen molar-refractivity contribution in [1.29, 1.82) is 0 Å². The molecule has 0 saturated carbocycles. The molecule has 1 unspecified atom stereocenters. The van der Waals surface area contributed by atoms with Crippen molar-refractivity contribution in [3.05, 3.63) is 98.7 Å². The summed E-state index contributed by atoms with van der Waals surface area (Å²) >= 11 is 8.01. The third-order valence-electron chi connectivity index (χ3n) is 5.48. The molecule has 0 spiro atoms. The van der Waals surface area contributed by atoms with Gasteiger partial charge in [0.1, 0.15) is 5.82 Å². The highest BCUT2D eigenvalue weighted by molar-refractivity contribution is 7.08. The van der Waals surface area contributed by atoms with E-state index < -0.39 is 0 Å². The van der Waals surface area contributed by atoms with Crippen LogP contribution in [0.25, 0.3) is 27.6 Å². The van der Waals surface area contributed by atoms with Crippen LogP contribution in [0.15, 0.2) is 82.4 Å². The van der Waals surface area contributed by atoms with E-state index in [0.717, 1.165) is 27.9 Å². The summed E-state index contributed by atoms with van der Waals surface area (Å²) in [6.45, 7) is 1.99. The molecule has 0 amide bonds. The number of nitrogens with zero attached hydrogens (tertiary/aromatic N) is 3. The highest BCUT2D eigenvalue weighted by Crippen LogP contribution is 2.32. The lowest BCUT2D eigenvalue weighted by Crippen LogP contribution is -2.26. The number of hydrogen-bond donors (Lipinski definition) is 2. The van der Waals surface area contributed by atoms with Crippen LogP contribution in [-0.2, 0) is 0 Å². The van der Waals surface area contributed by atoms with Crippen LogP contribution < -0.4 is 16.6 Å². The molecule has 164 valence electrons. The Morgan fingerprint density at radius 2 is 1.94 bits per heavy atom. The van der Waals surface area contributed by atoms with Crippen molar-refractivity contribution in [2.45, 2.75) is 13.0 Å². The van der Waals surface area contributed by atoms with Crippen molar-refractivity contribution < 1.29 is 0 Å². The lowest BCUT2D eigenvalue weighted by molar-refractivity contribution is 0.773. The zero-order valence-corrected chi connectivity index (χ0v) is 19.3. The van der Waals surface area contributed by atoms with Gasteiger partial charge in [0.15, 0.2) is 0 Å². The Kier molecular flexibility index (Phi) is 5.58. The molecule has 8 heteroatoms. The van der Waals surface area contributed by atoms with Crippen LogP contribution in [0, 0.1) is 0 Å². The van der Waals surface area contributed by atoms with Gasteiger partial charge in [-0.25, -0.2) is 4.98 Å². The van der Waals surface area contributed by atoms with Crippen molar-refractivity contribution in [3.63, 3.8) is 0 Å². The third kappa shape index (κ3) is 3.97. The van der Waals surface area contributed by atoms with Crippen molar-refractivity contribution in [1.82, 2.24) is 14.5 Å². The van der Waals surface area contributed by atoms with Crippen LogP contribution in [0.5, 0.6) is 0 Å². The number of hydrogen-bond acceptors (Lipinski definition) is 6. The number of pyridine rings is 1. The highest BCUT2D eigenvalue weighted by Gasteiger charge is 2.19. The lowest BCUT2D eigenvalue weighted by Gasteiger charge is -2.22. The predicted octanol–water partition coefficient (Wildman–Crippen LogP) is 5.92. The molecule has 6 nitrogen and oxygen atoms in total. The summed E-state index contributed by atoms with van der Waals surface area (Å²) in [7, 11) is 0. The van der Waals surface area contributed by atoms with Gasteiger partial charge >= 0.3 is 0 Å². The number of thiophene rings is 1. The molecule has 0 bridgehead atoms. The summed E-state index contributed by atoms with van der Waals surface area (Å²) in [5, 5.41) is 9.18. The Morgan fingerprint density at radius 3 is 2.70 bits per heavy atom. The molecule has 0 radical (unpaired) electrons. The molecule has 0 fully saturated rings. The lowest BCUT2D eigenvalue weighted by atomic mass is 10.1. The van der Waals surface area contributed by atoms with E-state index in [1.165, 1.54) is 0 Å². The first-order valence-corrected chi connectivity index (χ1v) is 11.7. The van der Waals surface area contributed by atoms with Crippen LogP contribution in [0.2, 0.25) is 5.02 Å². The molecular formula is C25H20ClN5OS. The van der Waals surface area contributed by atoms with Crippen molar-refractivity contribution in [3.8, 4) is 16.8 Å². The molecule has 0 aliphatic heterocycles. The van der Waals surface area contributed by atoms with Crippen molar-refractivity contribution in [2.75, 3.05) is 11.1 Å². The predicted molar refractivity (Wildman–Crippen MR) is 136 cm³/mol. The Bertz CT molecular complexity index is 1500. The summed E-state index contributed by atoms with van der Waals surface area (Å²) in [6.07, 6.45) is 1.71. The number of anilines is 2. The van der Waals surface area contributed by atoms with E-state index in [2.05, 4.69) is 15.3 Å². The minimum Gasteiger partial charge on any atom is -0.368 e. The fourth-order valence-electron chi connectivity index (χ4n) is 3.92. The van der Waals surface area contributed by atoms with Crippen LogP contribution in [0.3, 0.4) is 0 Å². The van der Waals surface area contributed by atoms with Crippen LogP contribution in [0.1, 0.15) is 18.7 Å². The molecule has 3 heterocycles. The van der Waals surface area contributed by atoms with E-state index in [0.29, 0.717) is 16.2 Å². The van der Waals surface area contributed by atoms with Crippen LogP contribution >= 0.6 is 22.9 Å². The van der Waals surface area contributed by atoms with E-state index in [1.54, 1.807) is 28.2 Å². The maximum atomic E-state index is 13.6. The number of nitrogens with one attached hydrogen (secondary N) is 1. The van der Waals surface area contributed by atoms with E-state index in [-0.39, 0.29) is 17.5 Å². The van der Waals surface area contributed by atoms with Gasteiger partial charge < -0.3 is 11.1 Å². The van der Waals surface area contributed by atoms with Gasteiger partial charge in [0, 0.05) is 23.1 Å². The summed E-state index contributed by atoms with van der Waals surface area (Å²) in [4.78, 5) is 22.3. The molecular weight excluding hydrogens is 454 g/mol. The number of aromatic nitrogens is 3. The molecule has 3 aromatic heterocycles. The molecule has 0 aliphatic carbocycles. The Balaban J connectivity index is 1.68. The third-order valence-corrected chi connectivity index (χ3v) is 6.47. The maximum Gasteiger partial charge on any atom is 0.264 e. The van der Waals surface area contributed by atoms with Gasteiger partial charge in [-0.15, -0.1) is 0 Å². The number of nitrogen functional groups attached to an aromatic ring is 1. The van der Waals surface area contributed by atoms with Crippen LogP contribution in [0.4, 0.5) is 11.8 Å². The molecule has 33 heavy (non-hydrogen) atoms. The Hall–Kier alpha value is -3.68. The van der Waals surface area contributed by atoms with Gasteiger partial charge in [0.25, 0.3) is 5.56 Å². The van der Waals surface area contributed by atoms with Crippen LogP contribution in [-0.4, -0.2) is 14.5 Å². The quantitative estimate of drug-likeness (QED) is 0.331. The fourth-order valence-corrected chi connectivity index (χ4v) is 4.83. The SMILES string of the molecule is CC(Nc1nc(N)ncc1-c1ccsc1)c1cc2cccc(Cl)c2c(=O)n1-c1ccccc1. The standard InChI is InChI=1S/C25H20ClN5OS/c1-15(29-23-19(13-28-25(27)30-23)17-10-11-33-14-17)21-12-16-6-5-9-20(26)22(16)24(32)31(21)18-7-3-2-4-8-18/h2-15H,1H3,(H3,27,28,29,30). The first-order chi connectivity index (χ1) is 16.0. The van der Waals surface area contributed by atoms with E-state index in [9.17, 15) is 4.79 Å². The average Bonchev–Trinajstić information content (AvgIpc) is 3.34. The van der Waals surface area contributed by atoms with Crippen molar-refractivity contribution >= 4 is 45.5 Å². The minimum absolute atomic E-state index is 0.173. The molecule has 2 aromatic carbocycles. The summed E-state index contributed by atoms with van der Waals surface area (Å²) in [5.41, 5.74) is 9.10. The monoisotopic (exact) mass is 473 g/mol. The maximum absolute atomic E-state index is 13.6. The topological polar surface area (TPSA) is 85.8 Å². The van der Waals surface area contributed by atoms with Gasteiger partial charge in [-0.3, -0.25) is 9.36 Å². The first kappa shape index (κ1) is 21.2. The number of nitrogens with two attached hydrogens (primary N) is 1. The second kappa shape index (κ2) is 8.69. The number of fused-ring (bicyclic) bond motifs is 1. The molecule has 5 rings (SSSR count). The van der Waals surface area contributed by atoms with Gasteiger partial charge in [0.2, 0.25) is 5.95 Å². The zero-order chi connectivity index (χ0) is 22.9. The number of para-hydroxylation sites is 1. The molecule has 0 aliphatic rings. The molecule has 3 N–H and O–H groups in total. The molecule has 5 aromatic rings. The Labute approximate surface area is 199 Å². The fraction of sp³-hybridized carbons (Fsp3) is 0.0800. The number of halogens is 1. The minimum atomic E-state index is -0.284. The molecule has 1 atom stereocenters. The number of rotatable bonds is 5. The van der Waals surface area contributed by atoms with Gasteiger partial charge in [-0.2, -0.15) is 16.3 Å². The van der Waals surface area contributed by atoms with Crippen molar-refractivity contribution in [2.24, 2.45) is 0 Å². The molecule has 0 saturated heterocycles. The average molecular weight is 474 g/mol. The highest BCUT2D eigenvalue weighted by atomic mass is 35.5. The largest absolute Gasteiger partial charge is 0.368 e. The van der Waals surface area contributed by atoms with E-state index >= 15 is 0 Å².